The lowest BCUT2D eigenvalue weighted by Gasteiger charge is -2.30. The predicted octanol–water partition coefficient (Wildman–Crippen LogP) is 0.0908. The molecule has 2 unspecified atom stereocenters. The highest BCUT2D eigenvalue weighted by molar-refractivity contribution is 5.96. The number of Topliss-reactive ketones (excluding diaryl/α,β-unsaturated/α-hetero) is 1. The van der Waals surface area contributed by atoms with Gasteiger partial charge in [-0.25, -0.2) is 0 Å². The zero-order chi connectivity index (χ0) is 6.48. The standard InChI is InChI=1S/C6H8O3/c1-2-4-5(7)6(9-4)3-8-6/h4H,2-3H2,1H3. The van der Waals surface area contributed by atoms with Crippen molar-refractivity contribution < 1.29 is 14.3 Å². The fraction of sp³-hybridized carbons (Fsp3) is 0.833. The molecule has 1 spiro atoms. The van der Waals surface area contributed by atoms with Crippen molar-refractivity contribution in [2.24, 2.45) is 0 Å². The van der Waals surface area contributed by atoms with Crippen LogP contribution in [0.3, 0.4) is 0 Å². The number of carbonyl (C=O) groups excluding carboxylic acids is 1. The number of ketones is 1. The van der Waals surface area contributed by atoms with E-state index >= 15 is 0 Å². The van der Waals surface area contributed by atoms with Gasteiger partial charge >= 0.3 is 0 Å². The summed E-state index contributed by atoms with van der Waals surface area (Å²) in [5.74, 6) is -0.606. The number of hydrogen-bond donors (Lipinski definition) is 0. The van der Waals surface area contributed by atoms with Crippen LogP contribution < -0.4 is 0 Å². The molecule has 2 fully saturated rings. The normalized spacial score (nSPS) is 47.2. The van der Waals surface area contributed by atoms with E-state index in [1.807, 2.05) is 6.92 Å². The maximum atomic E-state index is 10.9. The quantitative estimate of drug-likeness (QED) is 0.470. The monoisotopic (exact) mass is 128 g/mol. The first-order valence-corrected chi connectivity index (χ1v) is 3.14. The molecule has 9 heavy (non-hydrogen) atoms. The van der Waals surface area contributed by atoms with Gasteiger partial charge in [-0.15, -0.1) is 0 Å². The van der Waals surface area contributed by atoms with Crippen molar-refractivity contribution >= 4 is 5.78 Å². The molecule has 2 atom stereocenters. The maximum absolute atomic E-state index is 10.9. The van der Waals surface area contributed by atoms with Crippen LogP contribution in [0.15, 0.2) is 0 Å². The Morgan fingerprint density at radius 2 is 2.56 bits per heavy atom. The minimum atomic E-state index is -0.735. The van der Waals surface area contributed by atoms with E-state index in [1.54, 1.807) is 0 Å². The lowest BCUT2D eigenvalue weighted by Crippen LogP contribution is -2.52. The molecule has 2 aliphatic heterocycles. The molecule has 3 heteroatoms. The van der Waals surface area contributed by atoms with E-state index in [0.717, 1.165) is 6.42 Å². The Balaban J connectivity index is 2.04. The van der Waals surface area contributed by atoms with E-state index in [9.17, 15) is 4.79 Å². The summed E-state index contributed by atoms with van der Waals surface area (Å²) >= 11 is 0. The van der Waals surface area contributed by atoms with E-state index < -0.39 is 5.79 Å². The summed E-state index contributed by atoms with van der Waals surface area (Å²) in [5.41, 5.74) is 0. The molecule has 0 radical (unpaired) electrons. The Morgan fingerprint density at radius 3 is 2.89 bits per heavy atom. The number of hydrogen-bond acceptors (Lipinski definition) is 3. The second-order valence-corrected chi connectivity index (χ2v) is 2.42. The molecule has 0 aromatic heterocycles. The van der Waals surface area contributed by atoms with E-state index in [1.165, 1.54) is 0 Å². The zero-order valence-corrected chi connectivity index (χ0v) is 5.22. The lowest BCUT2D eigenvalue weighted by molar-refractivity contribution is -0.199. The van der Waals surface area contributed by atoms with Gasteiger partial charge in [-0.2, -0.15) is 0 Å². The summed E-state index contributed by atoms with van der Waals surface area (Å²) in [6, 6.07) is 0. The van der Waals surface area contributed by atoms with Crippen molar-refractivity contribution in [3.8, 4) is 0 Å². The van der Waals surface area contributed by atoms with Gasteiger partial charge in [-0.3, -0.25) is 4.79 Å². The van der Waals surface area contributed by atoms with E-state index in [0.29, 0.717) is 6.61 Å². The molecule has 2 aliphatic rings. The van der Waals surface area contributed by atoms with Gasteiger partial charge < -0.3 is 9.47 Å². The van der Waals surface area contributed by atoms with Crippen LogP contribution in [0.5, 0.6) is 0 Å². The van der Waals surface area contributed by atoms with Crippen LogP contribution in [0.2, 0.25) is 0 Å². The molecule has 0 N–H and O–H groups in total. The topological polar surface area (TPSA) is 38.8 Å². The number of ether oxygens (including phenoxy) is 2. The minimum absolute atomic E-state index is 0.130. The third-order valence-electron chi connectivity index (χ3n) is 1.78. The highest BCUT2D eigenvalue weighted by Crippen LogP contribution is 2.41. The molecule has 2 rings (SSSR count). The van der Waals surface area contributed by atoms with Gasteiger partial charge in [0.05, 0.1) is 0 Å². The van der Waals surface area contributed by atoms with Gasteiger partial charge in [0.25, 0.3) is 5.79 Å². The van der Waals surface area contributed by atoms with E-state index in [4.69, 9.17) is 9.47 Å². The predicted molar refractivity (Wildman–Crippen MR) is 28.9 cm³/mol. The Kier molecular flexibility index (Phi) is 0.811. The zero-order valence-electron chi connectivity index (χ0n) is 5.22. The summed E-state index contributed by atoms with van der Waals surface area (Å²) in [5, 5.41) is 0. The van der Waals surface area contributed by atoms with Gasteiger partial charge in [0.2, 0.25) is 5.78 Å². The molecule has 3 nitrogen and oxygen atoms in total. The average Bonchev–Trinajstić information content (AvgIpc) is 2.63. The molecule has 0 aromatic rings. The van der Waals surface area contributed by atoms with Crippen LogP contribution in [-0.4, -0.2) is 24.3 Å². The molecular weight excluding hydrogens is 120 g/mol. The van der Waals surface area contributed by atoms with Crippen molar-refractivity contribution in [3.05, 3.63) is 0 Å². The van der Waals surface area contributed by atoms with Crippen LogP contribution in [0.25, 0.3) is 0 Å². The van der Waals surface area contributed by atoms with Crippen molar-refractivity contribution in [2.45, 2.75) is 25.2 Å². The number of carbonyl (C=O) groups is 1. The molecule has 50 valence electrons. The minimum Gasteiger partial charge on any atom is -0.336 e. The Bertz CT molecular complexity index is 160. The fourth-order valence-corrected chi connectivity index (χ4v) is 1.07. The molecule has 0 bridgehead atoms. The van der Waals surface area contributed by atoms with Crippen molar-refractivity contribution in [1.29, 1.82) is 0 Å². The smallest absolute Gasteiger partial charge is 0.257 e. The molecule has 0 aromatic carbocycles. The SMILES string of the molecule is CCC1OC2(CO2)C1=O. The first-order valence-electron chi connectivity index (χ1n) is 3.14. The molecule has 2 saturated heterocycles. The van der Waals surface area contributed by atoms with Crippen LogP contribution in [0.1, 0.15) is 13.3 Å². The number of epoxide rings is 1. The van der Waals surface area contributed by atoms with Crippen LogP contribution in [-0.2, 0) is 14.3 Å². The van der Waals surface area contributed by atoms with Crippen molar-refractivity contribution in [1.82, 2.24) is 0 Å². The number of rotatable bonds is 1. The second kappa shape index (κ2) is 1.36. The average molecular weight is 128 g/mol. The van der Waals surface area contributed by atoms with Crippen LogP contribution >= 0.6 is 0 Å². The third-order valence-corrected chi connectivity index (χ3v) is 1.78. The second-order valence-electron chi connectivity index (χ2n) is 2.42. The van der Waals surface area contributed by atoms with Crippen molar-refractivity contribution in [2.75, 3.05) is 6.61 Å². The van der Waals surface area contributed by atoms with Crippen molar-refractivity contribution in [3.63, 3.8) is 0 Å². The summed E-state index contributed by atoms with van der Waals surface area (Å²) in [6.45, 7) is 2.40. The highest BCUT2D eigenvalue weighted by atomic mass is 16.8. The Labute approximate surface area is 52.9 Å². The molecule has 0 amide bonds. The van der Waals surface area contributed by atoms with Gasteiger partial charge in [0, 0.05) is 0 Å². The van der Waals surface area contributed by atoms with Crippen LogP contribution in [0, 0.1) is 0 Å². The van der Waals surface area contributed by atoms with E-state index in [2.05, 4.69) is 0 Å². The summed E-state index contributed by atoms with van der Waals surface area (Å²) in [4.78, 5) is 10.9. The molecule has 0 saturated carbocycles. The van der Waals surface area contributed by atoms with Crippen LogP contribution in [0.4, 0.5) is 0 Å². The first-order chi connectivity index (χ1) is 4.28. The molecule has 2 heterocycles. The maximum Gasteiger partial charge on any atom is 0.257 e. The summed E-state index contributed by atoms with van der Waals surface area (Å²) in [6.07, 6.45) is 0.594. The van der Waals surface area contributed by atoms with Gasteiger partial charge in [0.15, 0.2) is 0 Å². The van der Waals surface area contributed by atoms with Gasteiger partial charge in [0.1, 0.15) is 12.7 Å². The molecular formula is C6H8O3. The largest absolute Gasteiger partial charge is 0.336 e. The molecule has 0 aliphatic carbocycles. The van der Waals surface area contributed by atoms with Gasteiger partial charge in [-0.05, 0) is 6.42 Å². The Morgan fingerprint density at radius 1 is 1.89 bits per heavy atom. The highest BCUT2D eigenvalue weighted by Gasteiger charge is 2.65. The van der Waals surface area contributed by atoms with E-state index in [-0.39, 0.29) is 11.9 Å². The lowest BCUT2D eigenvalue weighted by atomic mass is 10.0. The first kappa shape index (κ1) is 5.38. The fourth-order valence-electron chi connectivity index (χ4n) is 1.07. The third kappa shape index (κ3) is 0.509. The van der Waals surface area contributed by atoms with Gasteiger partial charge in [-0.1, -0.05) is 6.92 Å². The summed E-state index contributed by atoms with van der Waals surface area (Å²) < 4.78 is 9.93. The summed E-state index contributed by atoms with van der Waals surface area (Å²) in [7, 11) is 0. The Hall–Kier alpha value is -0.410.